The first-order valence-electron chi connectivity index (χ1n) is 12.8. The summed E-state index contributed by atoms with van der Waals surface area (Å²) in [6.07, 6.45) is 11.5. The molecule has 0 aliphatic carbocycles. The van der Waals surface area contributed by atoms with Gasteiger partial charge in [0.1, 0.15) is 0 Å². The average Bonchev–Trinajstić information content (AvgIpc) is 2.89. The van der Waals surface area contributed by atoms with E-state index in [1.165, 1.54) is 48.3 Å². The number of hydrogen-bond donors (Lipinski definition) is 2. The first-order valence-corrected chi connectivity index (χ1v) is 12.8. The SMILES string of the molecule is O=C(CC[NH+]1CCCCC1)C(C(=O)CC[NH+]1CCCCC1)(c1ccccn1)c1ccccn1.[Cl-].[Cl-]. The molecule has 0 radical (unpaired) electrons. The molecule has 2 aliphatic heterocycles. The Morgan fingerprint density at radius 3 is 1.40 bits per heavy atom. The molecule has 0 spiro atoms. The van der Waals surface area contributed by atoms with Crippen LogP contribution in [0.5, 0.6) is 0 Å². The number of nitrogens with one attached hydrogen (secondary N) is 2. The highest BCUT2D eigenvalue weighted by atomic mass is 35.5. The van der Waals surface area contributed by atoms with Gasteiger partial charge in [0, 0.05) is 12.4 Å². The normalized spacial score (nSPS) is 17.1. The highest BCUT2D eigenvalue weighted by molar-refractivity contribution is 6.15. The molecule has 0 bridgehead atoms. The lowest BCUT2D eigenvalue weighted by atomic mass is 9.70. The Labute approximate surface area is 221 Å². The molecule has 4 rings (SSSR count). The van der Waals surface area contributed by atoms with Crippen molar-refractivity contribution in [1.82, 2.24) is 9.97 Å². The van der Waals surface area contributed by atoms with Crippen LogP contribution in [0.15, 0.2) is 48.8 Å². The van der Waals surface area contributed by atoms with Crippen LogP contribution in [0, 0.1) is 0 Å². The van der Waals surface area contributed by atoms with Crippen LogP contribution in [0.3, 0.4) is 0 Å². The number of piperidine rings is 2. The maximum absolute atomic E-state index is 14.1. The number of rotatable bonds is 10. The summed E-state index contributed by atoms with van der Waals surface area (Å²) in [5, 5.41) is 0. The molecular weight excluding hydrogens is 483 g/mol. The number of carbonyl (C=O) groups is 2. The summed E-state index contributed by atoms with van der Waals surface area (Å²) in [5.74, 6) is -0.117. The van der Waals surface area contributed by atoms with E-state index in [-0.39, 0.29) is 36.4 Å². The van der Waals surface area contributed by atoms with E-state index in [0.717, 1.165) is 39.3 Å². The van der Waals surface area contributed by atoms with Gasteiger partial charge in [-0.3, -0.25) is 19.6 Å². The first-order chi connectivity index (χ1) is 16.2. The maximum atomic E-state index is 14.1. The van der Waals surface area contributed by atoms with Crippen LogP contribution in [0.2, 0.25) is 0 Å². The van der Waals surface area contributed by atoms with E-state index in [9.17, 15) is 9.59 Å². The third-order valence-corrected chi connectivity index (χ3v) is 7.47. The summed E-state index contributed by atoms with van der Waals surface area (Å²) in [6.45, 7) is 5.98. The minimum atomic E-state index is -1.42. The van der Waals surface area contributed by atoms with Crippen molar-refractivity contribution in [1.29, 1.82) is 0 Å². The van der Waals surface area contributed by atoms with Crippen LogP contribution >= 0.6 is 0 Å². The molecule has 2 fully saturated rings. The zero-order valence-corrected chi connectivity index (χ0v) is 22.0. The minimum absolute atomic E-state index is 0. The van der Waals surface area contributed by atoms with Crippen LogP contribution in [-0.2, 0) is 15.0 Å². The molecule has 0 unspecified atom stereocenters. The minimum Gasteiger partial charge on any atom is -1.00 e. The molecule has 2 aromatic heterocycles. The van der Waals surface area contributed by atoms with E-state index in [1.54, 1.807) is 12.4 Å². The third-order valence-electron chi connectivity index (χ3n) is 7.47. The van der Waals surface area contributed by atoms with Crippen LogP contribution in [0.1, 0.15) is 62.8 Å². The first kappa shape index (κ1) is 29.4. The van der Waals surface area contributed by atoms with Gasteiger partial charge < -0.3 is 34.6 Å². The molecule has 0 aromatic carbocycles. The lowest BCUT2D eigenvalue weighted by molar-refractivity contribution is -0.904. The third kappa shape index (κ3) is 7.10. The summed E-state index contributed by atoms with van der Waals surface area (Å²) in [7, 11) is 0. The van der Waals surface area contributed by atoms with Gasteiger partial charge in [0.2, 0.25) is 0 Å². The summed E-state index contributed by atoms with van der Waals surface area (Å²) < 4.78 is 0. The molecule has 4 heterocycles. The number of carbonyl (C=O) groups excluding carboxylic acids is 2. The second-order valence-electron chi connectivity index (χ2n) is 9.65. The number of likely N-dealkylation sites (tertiary alicyclic amines) is 2. The van der Waals surface area contributed by atoms with Gasteiger partial charge in [-0.15, -0.1) is 0 Å². The monoisotopic (exact) mass is 520 g/mol. The molecule has 0 saturated carbocycles. The number of nitrogens with zero attached hydrogens (tertiary/aromatic N) is 2. The lowest BCUT2D eigenvalue weighted by Gasteiger charge is -2.32. The Morgan fingerprint density at radius 2 is 1.06 bits per heavy atom. The van der Waals surface area contributed by atoms with Gasteiger partial charge in [0.15, 0.2) is 17.0 Å². The van der Waals surface area contributed by atoms with Crippen molar-refractivity contribution < 1.29 is 44.2 Å². The van der Waals surface area contributed by atoms with Gasteiger partial charge in [-0.25, -0.2) is 0 Å². The molecule has 0 atom stereocenters. The molecule has 8 heteroatoms. The standard InChI is InChI=1S/C27H36N4O2.2ClH/c32-25(13-21-30-17-7-1-8-18-30)27(23-11-3-5-15-28-23,24-12-4-6-16-29-24)26(33)14-22-31-19-9-2-10-20-31;;/h3-6,11-12,15-16H,1-2,7-10,13-14,17-22H2;2*1H. The van der Waals surface area contributed by atoms with Gasteiger partial charge in [0.05, 0.1) is 63.5 Å². The molecule has 6 nitrogen and oxygen atoms in total. The Morgan fingerprint density at radius 1 is 0.657 bits per heavy atom. The zero-order valence-electron chi connectivity index (χ0n) is 20.5. The second-order valence-corrected chi connectivity index (χ2v) is 9.65. The highest BCUT2D eigenvalue weighted by Crippen LogP contribution is 2.34. The van der Waals surface area contributed by atoms with E-state index in [1.807, 2.05) is 36.4 Å². The Bertz CT molecular complexity index is 826. The van der Waals surface area contributed by atoms with E-state index in [2.05, 4.69) is 9.97 Å². The number of hydrogen-bond acceptors (Lipinski definition) is 4. The van der Waals surface area contributed by atoms with Crippen LogP contribution in [0.25, 0.3) is 0 Å². The molecule has 0 amide bonds. The molecule has 2 aromatic rings. The summed E-state index contributed by atoms with van der Waals surface area (Å²) >= 11 is 0. The van der Waals surface area contributed by atoms with Crippen LogP contribution < -0.4 is 34.6 Å². The van der Waals surface area contributed by atoms with E-state index in [0.29, 0.717) is 24.2 Å². The van der Waals surface area contributed by atoms with Crippen molar-refractivity contribution in [2.45, 2.75) is 56.8 Å². The number of ketones is 2. The molecule has 2 saturated heterocycles. The van der Waals surface area contributed by atoms with Crippen LogP contribution in [0.4, 0.5) is 0 Å². The maximum Gasteiger partial charge on any atom is 0.171 e. The summed E-state index contributed by atoms with van der Waals surface area (Å²) in [6, 6.07) is 11.0. The molecule has 2 N–H and O–H groups in total. The summed E-state index contributed by atoms with van der Waals surface area (Å²) in [5.41, 5.74) is -0.394. The van der Waals surface area contributed by atoms with Gasteiger partial charge in [-0.1, -0.05) is 12.1 Å². The number of Topliss-reactive ketones (excluding diaryl/α,β-unsaturated/α-hetero) is 2. The smallest absolute Gasteiger partial charge is 0.171 e. The fraction of sp³-hybridized carbons (Fsp3) is 0.556. The average molecular weight is 522 g/mol. The number of pyridine rings is 2. The number of halogens is 2. The quantitative estimate of drug-likeness (QED) is 0.307. The Hall–Kier alpha value is -1.86. The van der Waals surface area contributed by atoms with E-state index < -0.39 is 5.41 Å². The molecule has 192 valence electrons. The number of quaternary nitrogens is 2. The van der Waals surface area contributed by atoms with Crippen molar-refractivity contribution in [3.8, 4) is 0 Å². The van der Waals surface area contributed by atoms with E-state index in [4.69, 9.17) is 0 Å². The van der Waals surface area contributed by atoms with Gasteiger partial charge in [-0.2, -0.15) is 0 Å². The van der Waals surface area contributed by atoms with Gasteiger partial charge in [-0.05, 0) is 62.8 Å². The largest absolute Gasteiger partial charge is 1.00 e. The summed E-state index contributed by atoms with van der Waals surface area (Å²) in [4.78, 5) is 40.2. The fourth-order valence-electron chi connectivity index (χ4n) is 5.59. The highest BCUT2D eigenvalue weighted by Gasteiger charge is 2.50. The number of aromatic nitrogens is 2. The van der Waals surface area contributed by atoms with Crippen molar-refractivity contribution in [3.63, 3.8) is 0 Å². The zero-order chi connectivity index (χ0) is 22.9. The predicted octanol–water partition coefficient (Wildman–Crippen LogP) is -5.17. The van der Waals surface area contributed by atoms with E-state index >= 15 is 0 Å². The van der Waals surface area contributed by atoms with Gasteiger partial charge >= 0.3 is 0 Å². The molecule has 35 heavy (non-hydrogen) atoms. The van der Waals surface area contributed by atoms with Crippen LogP contribution in [-0.4, -0.2) is 60.8 Å². The lowest BCUT2D eigenvalue weighted by Crippen LogP contribution is -3.13. The topological polar surface area (TPSA) is 68.8 Å². The van der Waals surface area contributed by atoms with Gasteiger partial charge in [0.25, 0.3) is 0 Å². The molecular formula is C27H38Cl2N4O2. The van der Waals surface area contributed by atoms with Crippen molar-refractivity contribution >= 4 is 11.6 Å². The Balaban J connectivity index is 0.00000216. The Kier molecular flexibility index (Phi) is 12.3. The van der Waals surface area contributed by atoms with Crippen molar-refractivity contribution in [2.75, 3.05) is 39.3 Å². The van der Waals surface area contributed by atoms with Crippen molar-refractivity contribution in [2.24, 2.45) is 0 Å². The fourth-order valence-corrected chi connectivity index (χ4v) is 5.59. The predicted molar refractivity (Wildman–Crippen MR) is 127 cm³/mol. The molecule has 2 aliphatic rings. The second kappa shape index (κ2) is 14.6. The van der Waals surface area contributed by atoms with Crippen molar-refractivity contribution in [3.05, 3.63) is 60.2 Å².